The quantitative estimate of drug-likeness (QED) is 0.521. The summed E-state index contributed by atoms with van der Waals surface area (Å²) in [6, 6.07) is 8.48. The third-order valence-electron chi connectivity index (χ3n) is 1.22. The Morgan fingerprint density at radius 2 is 1.33 bits per heavy atom. The maximum absolute atomic E-state index is 7.10. The Kier molecular flexibility index (Phi) is 1.42. The highest BCUT2D eigenvalue weighted by Gasteiger charge is 2.03. The molecule has 0 aliphatic heterocycles. The van der Waals surface area contributed by atoms with Gasteiger partial charge in [0.05, 0.1) is 0 Å². The van der Waals surface area contributed by atoms with Crippen molar-refractivity contribution in [2.45, 2.75) is 0 Å². The van der Waals surface area contributed by atoms with Crippen LogP contribution < -0.4 is 0 Å². The van der Waals surface area contributed by atoms with E-state index < -0.39 is 0 Å². The average molecular weight is 118 g/mol. The molecule has 0 spiro atoms. The Bertz CT molecular complexity index is 207. The van der Waals surface area contributed by atoms with Gasteiger partial charge in [0.2, 0.25) is 0 Å². The van der Waals surface area contributed by atoms with Crippen molar-refractivity contribution in [1.29, 1.82) is 0 Å². The summed E-state index contributed by atoms with van der Waals surface area (Å²) in [6.07, 6.45) is 5.40. The first-order valence-electron chi connectivity index (χ1n) is 2.58. The Balaban J connectivity index is 0.000000120. The molecule has 0 saturated heterocycles. The van der Waals surface area contributed by atoms with Crippen LogP contribution in [0, 0.1) is 12.5 Å². The number of aliphatic hydroxyl groups excluding tert-OH is 1. The van der Waals surface area contributed by atoms with E-state index >= 15 is 0 Å². The molecule has 0 radical (unpaired) electrons. The van der Waals surface area contributed by atoms with Crippen molar-refractivity contribution in [3.63, 3.8) is 0 Å². The van der Waals surface area contributed by atoms with Gasteiger partial charge in [0.1, 0.15) is 6.11 Å². The van der Waals surface area contributed by atoms with Gasteiger partial charge in [0.15, 0.2) is 0 Å². The molecule has 1 nitrogen and oxygen atoms in total. The van der Waals surface area contributed by atoms with Crippen LogP contribution in [0.4, 0.5) is 0 Å². The average Bonchev–Trinajstić information content (AvgIpc) is 1.81. The fourth-order valence-electron chi connectivity index (χ4n) is 0.663. The van der Waals surface area contributed by atoms with Gasteiger partial charge in [-0.1, -0.05) is 30.7 Å². The zero-order valence-electron chi connectivity index (χ0n) is 4.83. The first kappa shape index (κ1) is 5.71. The Hall–Kier alpha value is -1.42. The monoisotopic (exact) mass is 118 g/mol. The number of hydrogen-bond acceptors (Lipinski definition) is 1. The third kappa shape index (κ3) is 0.872. The van der Waals surface area contributed by atoms with Gasteiger partial charge in [-0.05, 0) is 11.1 Å². The zero-order valence-corrected chi connectivity index (χ0v) is 4.83. The zero-order chi connectivity index (χ0) is 6.69. The van der Waals surface area contributed by atoms with Crippen LogP contribution in [0.25, 0.3) is 11.1 Å². The van der Waals surface area contributed by atoms with Crippen molar-refractivity contribution in [2.24, 2.45) is 0 Å². The van der Waals surface area contributed by atoms with Crippen LogP contribution in [0.1, 0.15) is 0 Å². The number of benzene rings is 1. The number of fused-ring (bicyclic) bond motifs is 1. The largest absolute Gasteiger partial charge is 0.462 e. The van der Waals surface area contributed by atoms with E-state index in [-0.39, 0.29) is 0 Å². The van der Waals surface area contributed by atoms with Crippen LogP contribution in [-0.4, -0.2) is 5.11 Å². The number of terminal acetylenes is 1. The predicted octanol–water partition coefficient (Wildman–Crippen LogP) is 1.62. The van der Waals surface area contributed by atoms with Crippen LogP contribution in [-0.2, 0) is 0 Å². The van der Waals surface area contributed by atoms with E-state index in [1.807, 2.05) is 0 Å². The van der Waals surface area contributed by atoms with Gasteiger partial charge < -0.3 is 5.11 Å². The van der Waals surface area contributed by atoms with Gasteiger partial charge in [-0.25, -0.2) is 0 Å². The van der Waals surface area contributed by atoms with E-state index in [2.05, 4.69) is 30.7 Å². The molecule has 0 saturated carbocycles. The molecular weight excluding hydrogens is 112 g/mol. The molecule has 44 valence electrons. The summed E-state index contributed by atoms with van der Waals surface area (Å²) < 4.78 is 0. The van der Waals surface area contributed by atoms with Gasteiger partial charge in [-0.3, -0.25) is 0 Å². The van der Waals surface area contributed by atoms with E-state index in [0.717, 1.165) is 0 Å². The summed E-state index contributed by atoms with van der Waals surface area (Å²) in [6.45, 7) is 0. The molecule has 1 N–H and O–H groups in total. The first-order chi connectivity index (χ1) is 4.38. The van der Waals surface area contributed by atoms with Crippen molar-refractivity contribution >= 4 is 0 Å². The molecule has 0 bridgehead atoms. The van der Waals surface area contributed by atoms with Gasteiger partial charge >= 0.3 is 0 Å². The van der Waals surface area contributed by atoms with Crippen LogP contribution in [0.15, 0.2) is 24.3 Å². The topological polar surface area (TPSA) is 20.2 Å². The van der Waals surface area contributed by atoms with Crippen LogP contribution >= 0.6 is 0 Å². The van der Waals surface area contributed by atoms with Crippen LogP contribution in [0.3, 0.4) is 0 Å². The lowest BCUT2D eigenvalue weighted by molar-refractivity contribution is 0.518. The maximum Gasteiger partial charge on any atom is 0.103 e. The van der Waals surface area contributed by atoms with Gasteiger partial charge in [0, 0.05) is 0 Å². The minimum atomic E-state index is 1.25. The molecule has 0 atom stereocenters. The minimum Gasteiger partial charge on any atom is -0.462 e. The third-order valence-corrected chi connectivity index (χ3v) is 1.22. The minimum absolute atomic E-state index is 1.25. The molecule has 2 aliphatic rings. The van der Waals surface area contributed by atoms with Crippen molar-refractivity contribution in [2.75, 3.05) is 0 Å². The summed E-state index contributed by atoms with van der Waals surface area (Å²) in [5.74, 6) is 0. The second kappa shape index (κ2) is 2.23. The number of hydrogen-bond donors (Lipinski definition) is 1. The van der Waals surface area contributed by atoms with E-state index in [1.165, 1.54) is 17.2 Å². The summed E-state index contributed by atoms with van der Waals surface area (Å²) in [7, 11) is 0. The lowest BCUT2D eigenvalue weighted by Crippen LogP contribution is -1.85. The smallest absolute Gasteiger partial charge is 0.103 e. The highest BCUT2D eigenvalue weighted by Crippen LogP contribution is 2.29. The Labute approximate surface area is 54.0 Å². The molecule has 0 aromatic heterocycles. The molecule has 0 amide bonds. The Morgan fingerprint density at radius 1 is 1.11 bits per heavy atom. The lowest BCUT2D eigenvalue weighted by atomic mass is 9.95. The second-order valence-electron chi connectivity index (χ2n) is 1.71. The van der Waals surface area contributed by atoms with Crippen LogP contribution in [0.2, 0.25) is 0 Å². The second-order valence-corrected chi connectivity index (χ2v) is 1.71. The fraction of sp³-hybridized carbons (Fsp3) is 0. The lowest BCUT2D eigenvalue weighted by Gasteiger charge is -2.10. The molecule has 0 heterocycles. The van der Waals surface area contributed by atoms with E-state index in [1.54, 1.807) is 0 Å². The molecule has 0 aromatic carbocycles. The first-order valence-corrected chi connectivity index (χ1v) is 2.58. The summed E-state index contributed by atoms with van der Waals surface area (Å²) in [5.41, 5.74) is 2.85. The van der Waals surface area contributed by atoms with Crippen molar-refractivity contribution in [3.05, 3.63) is 24.3 Å². The molecular formula is C8H6O. The highest BCUT2D eigenvalue weighted by molar-refractivity contribution is 5.75. The standard InChI is InChI=1S/C6H4.C2H2O/c1-2-6-4-3-5(1)6;1-2-3/h1-4H;1,3H. The SMILES string of the molecule is C#CO.c1cc2ccc1-2. The van der Waals surface area contributed by atoms with Gasteiger partial charge in [-0.2, -0.15) is 0 Å². The van der Waals surface area contributed by atoms with Crippen LogP contribution in [0.5, 0.6) is 0 Å². The van der Waals surface area contributed by atoms with Gasteiger partial charge in [0.25, 0.3) is 0 Å². The fourth-order valence-corrected chi connectivity index (χ4v) is 0.663. The number of aliphatic hydroxyl groups is 1. The van der Waals surface area contributed by atoms with Gasteiger partial charge in [-0.15, -0.1) is 0 Å². The van der Waals surface area contributed by atoms with E-state index in [9.17, 15) is 0 Å². The van der Waals surface area contributed by atoms with E-state index in [4.69, 9.17) is 5.11 Å². The molecule has 2 aliphatic carbocycles. The molecule has 9 heavy (non-hydrogen) atoms. The number of rotatable bonds is 0. The van der Waals surface area contributed by atoms with Crippen molar-refractivity contribution in [3.8, 4) is 23.7 Å². The molecule has 0 fully saturated rings. The van der Waals surface area contributed by atoms with Crippen molar-refractivity contribution < 1.29 is 5.11 Å². The summed E-state index contributed by atoms with van der Waals surface area (Å²) in [5, 5.41) is 7.10. The molecule has 2 rings (SSSR count). The Morgan fingerprint density at radius 3 is 1.33 bits per heavy atom. The summed E-state index contributed by atoms with van der Waals surface area (Å²) >= 11 is 0. The molecule has 1 heteroatoms. The van der Waals surface area contributed by atoms with Crippen molar-refractivity contribution in [1.82, 2.24) is 0 Å². The van der Waals surface area contributed by atoms with E-state index in [0.29, 0.717) is 0 Å². The summed E-state index contributed by atoms with van der Waals surface area (Å²) in [4.78, 5) is 0. The molecule has 0 unspecified atom stereocenters. The highest BCUT2D eigenvalue weighted by atomic mass is 16.2. The molecule has 0 aromatic rings. The normalized spacial score (nSPS) is 8.33. The predicted molar refractivity (Wildman–Crippen MR) is 36.2 cm³/mol. The maximum atomic E-state index is 7.10.